The Labute approximate surface area is 287 Å². The highest BCUT2D eigenvalue weighted by Crippen LogP contribution is 2.51. The monoisotopic (exact) mass is 714 g/mol. The number of hydrogen-bond donors (Lipinski definition) is 3. The molecule has 49 heavy (non-hydrogen) atoms. The van der Waals surface area contributed by atoms with Crippen molar-refractivity contribution in [1.82, 2.24) is 19.9 Å². The molecule has 5 aromatic rings. The first kappa shape index (κ1) is 33.0. The van der Waals surface area contributed by atoms with Crippen LogP contribution in [0.3, 0.4) is 0 Å². The number of pyridine rings is 1. The van der Waals surface area contributed by atoms with Gasteiger partial charge >= 0.3 is 6.01 Å². The van der Waals surface area contributed by atoms with Crippen LogP contribution in [0.25, 0.3) is 32.1 Å². The Morgan fingerprint density at radius 1 is 1.22 bits per heavy atom. The van der Waals surface area contributed by atoms with Crippen molar-refractivity contribution in [2.24, 2.45) is 0 Å². The number of nitrogens with one attached hydrogen (secondary N) is 1. The van der Waals surface area contributed by atoms with E-state index in [1.807, 2.05) is 17.9 Å². The van der Waals surface area contributed by atoms with Crippen molar-refractivity contribution in [3.63, 3.8) is 0 Å². The maximum Gasteiger partial charge on any atom is 0.319 e. The molecule has 0 amide bonds. The molecule has 0 bridgehead atoms. The molecule has 10 nitrogen and oxygen atoms in total. The first-order chi connectivity index (χ1) is 23.3. The highest BCUT2D eigenvalue weighted by molar-refractivity contribution is 7.23. The molecule has 16 heteroatoms. The molecular weight excluding hydrogens is 684 g/mol. The highest BCUT2D eigenvalue weighted by atomic mass is 35.5. The Kier molecular flexibility index (Phi) is 8.19. The molecule has 5 N–H and O–H groups in total. The fourth-order valence-electron chi connectivity index (χ4n) is 6.75. The molecule has 0 saturated carbocycles. The second-order valence-corrected chi connectivity index (χ2v) is 13.7. The van der Waals surface area contributed by atoms with E-state index in [0.29, 0.717) is 11.4 Å². The molecule has 1 saturated heterocycles. The van der Waals surface area contributed by atoms with E-state index in [2.05, 4.69) is 15.0 Å². The summed E-state index contributed by atoms with van der Waals surface area (Å²) in [6, 6.07) is 4.80. The van der Waals surface area contributed by atoms with Gasteiger partial charge in [-0.3, -0.25) is 4.90 Å². The number of alkyl halides is 2. The Hall–Kier alpha value is -4.47. The first-order valence-electron chi connectivity index (χ1n) is 15.4. The number of nitrogens with two attached hydrogens (primary N) is 2. The molecule has 0 radical (unpaired) electrons. The van der Waals surface area contributed by atoms with E-state index in [1.54, 1.807) is 19.3 Å². The number of rotatable bonds is 7. The van der Waals surface area contributed by atoms with Crippen molar-refractivity contribution in [3.05, 3.63) is 58.2 Å². The van der Waals surface area contributed by atoms with Gasteiger partial charge in [-0.1, -0.05) is 23.7 Å². The number of thiophene rings is 1. The van der Waals surface area contributed by atoms with E-state index in [0.717, 1.165) is 11.3 Å². The van der Waals surface area contributed by atoms with Crippen LogP contribution in [0.4, 0.5) is 34.2 Å². The fraction of sp³-hybridized carbons (Fsp3) is 0.333. The molecule has 2 atom stereocenters. The number of benzene rings is 2. The first-order valence-corrected chi connectivity index (χ1v) is 16.6. The van der Waals surface area contributed by atoms with Crippen molar-refractivity contribution >= 4 is 66.3 Å². The van der Waals surface area contributed by atoms with Crippen LogP contribution in [0, 0.1) is 17.0 Å². The van der Waals surface area contributed by atoms with Gasteiger partial charge in [-0.25, -0.2) is 22.5 Å². The zero-order valence-electron chi connectivity index (χ0n) is 26.6. The molecular formula is C33H31ClF4N8O2S. The summed E-state index contributed by atoms with van der Waals surface area (Å²) >= 11 is 7.98. The standard InChI is InChI=1S/C33H31ClF4N8O2S/c1-14(39)20-21-18(6-7-19(35)28(21)49-30(20)41)22-24(34)27-23-26(25(22)36)43-32(48-12-16-11-33(37,38)13-45(16)3)44-31(23)46(9-10-47-27)15(2)17-5-4-8-42-29(17)40/h4-8,15-16,39H,9-13,41H2,1-3H3,(H2,40,42)/t15-,16+/m1/s1. The Balaban J connectivity index is 1.47. The van der Waals surface area contributed by atoms with Gasteiger partial charge in [0.15, 0.2) is 11.6 Å². The molecule has 2 aromatic carbocycles. The quantitative estimate of drug-likeness (QED) is 0.119. The maximum absolute atomic E-state index is 17.2. The van der Waals surface area contributed by atoms with Crippen molar-refractivity contribution in [2.45, 2.75) is 38.3 Å². The Bertz CT molecular complexity index is 2170. The number of nitrogen functional groups attached to an aromatic ring is 2. The van der Waals surface area contributed by atoms with Crippen LogP contribution in [0.1, 0.15) is 37.4 Å². The molecule has 2 aliphatic heterocycles. The van der Waals surface area contributed by atoms with Crippen molar-refractivity contribution in [2.75, 3.05) is 49.7 Å². The second-order valence-electron chi connectivity index (χ2n) is 12.3. The van der Waals surface area contributed by atoms with Gasteiger partial charge in [0.25, 0.3) is 5.92 Å². The minimum absolute atomic E-state index is 0.0596. The van der Waals surface area contributed by atoms with Crippen LogP contribution in [-0.4, -0.2) is 70.9 Å². The predicted octanol–water partition coefficient (Wildman–Crippen LogP) is 7.07. The van der Waals surface area contributed by atoms with Crippen molar-refractivity contribution < 1.29 is 27.0 Å². The summed E-state index contributed by atoms with van der Waals surface area (Å²) < 4.78 is 73.0. The molecule has 7 rings (SSSR count). The number of anilines is 3. The minimum Gasteiger partial charge on any atom is -0.489 e. The summed E-state index contributed by atoms with van der Waals surface area (Å²) in [5, 5.41) is 8.84. The van der Waals surface area contributed by atoms with Gasteiger partial charge in [0, 0.05) is 46.4 Å². The van der Waals surface area contributed by atoms with Crippen LogP contribution in [-0.2, 0) is 0 Å². The lowest BCUT2D eigenvalue weighted by Crippen LogP contribution is -2.32. The molecule has 2 aliphatic rings. The molecule has 1 fully saturated rings. The molecule has 0 unspecified atom stereocenters. The number of ether oxygens (including phenoxy) is 2. The average molecular weight is 715 g/mol. The van der Waals surface area contributed by atoms with E-state index in [1.165, 1.54) is 24.0 Å². The number of halogens is 5. The zero-order valence-corrected chi connectivity index (χ0v) is 28.2. The summed E-state index contributed by atoms with van der Waals surface area (Å²) in [7, 11) is 1.58. The summed E-state index contributed by atoms with van der Waals surface area (Å²) in [4.78, 5) is 16.7. The predicted molar refractivity (Wildman–Crippen MR) is 184 cm³/mol. The third-order valence-corrected chi connectivity index (χ3v) is 10.5. The van der Waals surface area contributed by atoms with E-state index in [-0.39, 0.29) is 90.8 Å². The van der Waals surface area contributed by atoms with Crippen LogP contribution in [0.2, 0.25) is 5.02 Å². The lowest BCUT2D eigenvalue weighted by atomic mass is 9.95. The van der Waals surface area contributed by atoms with Crippen molar-refractivity contribution in [3.8, 4) is 22.9 Å². The summed E-state index contributed by atoms with van der Waals surface area (Å²) in [6.07, 6.45) is 1.15. The molecule has 0 aliphatic carbocycles. The average Bonchev–Trinajstić information content (AvgIpc) is 3.46. The van der Waals surface area contributed by atoms with Gasteiger partial charge in [0.2, 0.25) is 0 Å². The normalized spacial score (nSPS) is 18.1. The Morgan fingerprint density at radius 3 is 2.69 bits per heavy atom. The largest absolute Gasteiger partial charge is 0.489 e. The van der Waals surface area contributed by atoms with Crippen LogP contribution >= 0.6 is 22.9 Å². The van der Waals surface area contributed by atoms with E-state index in [4.69, 9.17) is 38.0 Å². The van der Waals surface area contributed by atoms with Crippen LogP contribution in [0.15, 0.2) is 30.5 Å². The SMILES string of the molecule is CC(=N)c1c(N)sc2c(F)ccc(-c3c(Cl)c4c5c(nc(OC[C@@H]6CC(F)(F)CN6C)nc5c3F)N([C@H](C)c3cccnc3N)CCO4)c12. The third kappa shape index (κ3) is 5.53. The number of fused-ring (bicyclic) bond motifs is 1. The number of hydrogen-bond acceptors (Lipinski definition) is 11. The van der Waals surface area contributed by atoms with Crippen molar-refractivity contribution in [1.29, 1.82) is 5.41 Å². The Morgan fingerprint density at radius 2 is 2.00 bits per heavy atom. The van der Waals surface area contributed by atoms with Gasteiger partial charge in [-0.05, 0) is 38.6 Å². The van der Waals surface area contributed by atoms with Gasteiger partial charge in [-0.2, -0.15) is 9.97 Å². The fourth-order valence-corrected chi connectivity index (χ4v) is 8.14. The maximum atomic E-state index is 17.2. The molecule has 5 heterocycles. The van der Waals surface area contributed by atoms with Gasteiger partial charge < -0.3 is 31.3 Å². The second kappa shape index (κ2) is 12.1. The van der Waals surface area contributed by atoms with Gasteiger partial charge in [-0.15, -0.1) is 11.3 Å². The summed E-state index contributed by atoms with van der Waals surface area (Å²) in [6.45, 7) is 3.13. The van der Waals surface area contributed by atoms with E-state index >= 15 is 8.78 Å². The number of likely N-dealkylation sites (tertiary alicyclic amines) is 1. The molecule has 3 aromatic heterocycles. The third-order valence-electron chi connectivity index (χ3n) is 9.09. The van der Waals surface area contributed by atoms with E-state index in [9.17, 15) is 8.78 Å². The number of nitrogens with zero attached hydrogens (tertiary/aromatic N) is 5. The van der Waals surface area contributed by atoms with Gasteiger partial charge in [0.05, 0.1) is 39.2 Å². The summed E-state index contributed by atoms with van der Waals surface area (Å²) in [5.74, 6) is -3.74. The van der Waals surface area contributed by atoms with Crippen LogP contribution < -0.4 is 25.8 Å². The number of likely N-dealkylation sites (N-methyl/N-ethyl adjacent to an activating group) is 1. The molecule has 256 valence electrons. The summed E-state index contributed by atoms with van der Waals surface area (Å²) in [5.41, 5.74) is 13.3. The zero-order chi connectivity index (χ0) is 34.9. The van der Waals surface area contributed by atoms with Gasteiger partial charge in [0.1, 0.15) is 36.2 Å². The number of aromatic nitrogens is 3. The lowest BCUT2D eigenvalue weighted by Gasteiger charge is -2.30. The molecule has 0 spiro atoms. The lowest BCUT2D eigenvalue weighted by molar-refractivity contribution is 0.0136. The minimum atomic E-state index is -2.88. The highest BCUT2D eigenvalue weighted by Gasteiger charge is 2.43. The van der Waals surface area contributed by atoms with E-state index < -0.39 is 42.6 Å². The topological polar surface area (TPSA) is 140 Å². The smallest absolute Gasteiger partial charge is 0.319 e. The van der Waals surface area contributed by atoms with Crippen LogP contribution in [0.5, 0.6) is 11.8 Å².